The van der Waals surface area contributed by atoms with Crippen molar-refractivity contribution in [3.8, 4) is 0 Å². The molecule has 0 radical (unpaired) electrons. The van der Waals surface area contributed by atoms with Gasteiger partial charge < -0.3 is 9.84 Å². The average Bonchev–Trinajstić information content (AvgIpc) is 2.93. The molecule has 1 aliphatic rings. The van der Waals surface area contributed by atoms with Crippen LogP contribution < -0.4 is 0 Å². The molecule has 0 saturated carbocycles. The van der Waals surface area contributed by atoms with Gasteiger partial charge in [-0.2, -0.15) is 0 Å². The first-order valence-electron chi connectivity index (χ1n) is 7.37. The van der Waals surface area contributed by atoms with E-state index >= 15 is 0 Å². The Morgan fingerprint density at radius 2 is 1.86 bits per heavy atom. The minimum atomic E-state index is -0.925. The summed E-state index contributed by atoms with van der Waals surface area (Å²) in [6.45, 7) is 0.643. The molecule has 0 bridgehead atoms. The van der Waals surface area contributed by atoms with E-state index in [4.69, 9.17) is 9.84 Å². The molecular weight excluding hydrogens is 286 g/mol. The van der Waals surface area contributed by atoms with Crippen LogP contribution in [0.3, 0.4) is 0 Å². The zero-order valence-corrected chi connectivity index (χ0v) is 12.3. The van der Waals surface area contributed by atoms with Crippen LogP contribution in [-0.4, -0.2) is 41.1 Å². The summed E-state index contributed by atoms with van der Waals surface area (Å²) in [7, 11) is 0. The SMILES string of the molecule is O=C(O)c1ccc(CCCCCC(=O)N2CCOC2=O)cc1. The molecule has 0 unspecified atom stereocenters. The van der Waals surface area contributed by atoms with Crippen molar-refractivity contribution in [1.29, 1.82) is 0 Å². The quantitative estimate of drug-likeness (QED) is 0.782. The first-order chi connectivity index (χ1) is 10.6. The van der Waals surface area contributed by atoms with Crippen LogP contribution in [0.25, 0.3) is 0 Å². The first-order valence-corrected chi connectivity index (χ1v) is 7.37. The van der Waals surface area contributed by atoms with E-state index in [1.807, 2.05) is 12.1 Å². The Labute approximate surface area is 128 Å². The van der Waals surface area contributed by atoms with Crippen LogP contribution in [0.4, 0.5) is 4.79 Å². The fraction of sp³-hybridized carbons (Fsp3) is 0.438. The fourth-order valence-electron chi connectivity index (χ4n) is 2.35. The standard InChI is InChI=1S/C16H19NO5/c18-14(17-10-11-22-16(17)21)5-3-1-2-4-12-6-8-13(9-7-12)15(19)20/h6-9H,1-5,10-11H2,(H,19,20). The van der Waals surface area contributed by atoms with Crippen molar-refractivity contribution in [2.45, 2.75) is 32.1 Å². The van der Waals surface area contributed by atoms with Crippen LogP contribution in [0.5, 0.6) is 0 Å². The highest BCUT2D eigenvalue weighted by Crippen LogP contribution is 2.12. The van der Waals surface area contributed by atoms with Gasteiger partial charge in [-0.3, -0.25) is 4.79 Å². The largest absolute Gasteiger partial charge is 0.478 e. The third-order valence-corrected chi connectivity index (χ3v) is 3.62. The van der Waals surface area contributed by atoms with E-state index in [1.165, 1.54) is 0 Å². The summed E-state index contributed by atoms with van der Waals surface area (Å²) >= 11 is 0. The number of benzene rings is 1. The molecule has 6 nitrogen and oxygen atoms in total. The second kappa shape index (κ2) is 7.59. The number of cyclic esters (lactones) is 1. The lowest BCUT2D eigenvalue weighted by atomic mass is 10.0. The lowest BCUT2D eigenvalue weighted by Gasteiger charge is -2.10. The summed E-state index contributed by atoms with van der Waals surface area (Å²) in [4.78, 5) is 34.9. The molecule has 1 saturated heterocycles. The topological polar surface area (TPSA) is 83.9 Å². The molecule has 1 aromatic rings. The van der Waals surface area contributed by atoms with Crippen molar-refractivity contribution in [2.75, 3.05) is 13.2 Å². The number of carbonyl (C=O) groups excluding carboxylic acids is 2. The Balaban J connectivity index is 1.64. The van der Waals surface area contributed by atoms with Gasteiger partial charge in [0.25, 0.3) is 0 Å². The second-order valence-corrected chi connectivity index (χ2v) is 5.22. The Morgan fingerprint density at radius 1 is 1.14 bits per heavy atom. The molecule has 2 amide bonds. The summed E-state index contributed by atoms with van der Waals surface area (Å²) in [5.41, 5.74) is 1.37. The second-order valence-electron chi connectivity index (χ2n) is 5.22. The zero-order chi connectivity index (χ0) is 15.9. The summed E-state index contributed by atoms with van der Waals surface area (Å²) in [5.74, 6) is -1.10. The molecule has 6 heteroatoms. The molecule has 2 rings (SSSR count). The van der Waals surface area contributed by atoms with Crippen LogP contribution in [0, 0.1) is 0 Å². The highest BCUT2D eigenvalue weighted by molar-refractivity contribution is 5.92. The number of hydrogen-bond acceptors (Lipinski definition) is 4. The van der Waals surface area contributed by atoms with Gasteiger partial charge in [-0.15, -0.1) is 0 Å². The number of carbonyl (C=O) groups is 3. The summed E-state index contributed by atoms with van der Waals surface area (Å²) in [6.07, 6.45) is 3.20. The van der Waals surface area contributed by atoms with E-state index < -0.39 is 12.1 Å². The van der Waals surface area contributed by atoms with Gasteiger partial charge in [-0.25, -0.2) is 14.5 Å². The molecule has 0 aromatic heterocycles. The van der Waals surface area contributed by atoms with E-state index in [0.29, 0.717) is 13.0 Å². The van der Waals surface area contributed by atoms with E-state index in [-0.39, 0.29) is 18.1 Å². The van der Waals surface area contributed by atoms with E-state index in [2.05, 4.69) is 0 Å². The number of aromatic carboxylic acids is 1. The molecule has 0 aliphatic carbocycles. The Hall–Kier alpha value is -2.37. The summed E-state index contributed by atoms with van der Waals surface area (Å²) in [6, 6.07) is 6.82. The minimum absolute atomic E-state index is 0.173. The number of aryl methyl sites for hydroxylation is 1. The van der Waals surface area contributed by atoms with Gasteiger partial charge in [0.05, 0.1) is 12.1 Å². The number of unbranched alkanes of at least 4 members (excludes halogenated alkanes) is 2. The van der Waals surface area contributed by atoms with Gasteiger partial charge in [0, 0.05) is 6.42 Å². The van der Waals surface area contributed by atoms with Gasteiger partial charge in [-0.05, 0) is 37.0 Å². The van der Waals surface area contributed by atoms with Crippen LogP contribution >= 0.6 is 0 Å². The Kier molecular flexibility index (Phi) is 5.52. The maximum Gasteiger partial charge on any atom is 0.416 e. The average molecular weight is 305 g/mol. The highest BCUT2D eigenvalue weighted by atomic mass is 16.6. The fourth-order valence-corrected chi connectivity index (χ4v) is 2.35. The van der Waals surface area contributed by atoms with Gasteiger partial charge in [0.15, 0.2) is 0 Å². The zero-order valence-electron chi connectivity index (χ0n) is 12.3. The first kappa shape index (κ1) is 16.0. The Morgan fingerprint density at radius 3 is 2.45 bits per heavy atom. The molecule has 0 spiro atoms. The normalized spacial score (nSPS) is 14.0. The maximum absolute atomic E-state index is 11.8. The van der Waals surface area contributed by atoms with E-state index in [1.54, 1.807) is 12.1 Å². The predicted octanol–water partition coefficient (Wildman–Crippen LogP) is 2.47. The molecule has 1 heterocycles. The van der Waals surface area contributed by atoms with Crippen molar-refractivity contribution in [3.05, 3.63) is 35.4 Å². The van der Waals surface area contributed by atoms with Crippen LogP contribution in [-0.2, 0) is 16.0 Å². The van der Waals surface area contributed by atoms with Gasteiger partial charge in [0.1, 0.15) is 6.61 Å². The molecule has 1 N–H and O–H groups in total. The lowest BCUT2D eigenvalue weighted by Crippen LogP contribution is -2.31. The summed E-state index contributed by atoms with van der Waals surface area (Å²) in [5, 5.41) is 8.81. The number of rotatable bonds is 7. The van der Waals surface area contributed by atoms with Crippen molar-refractivity contribution in [1.82, 2.24) is 4.90 Å². The molecule has 118 valence electrons. The van der Waals surface area contributed by atoms with Gasteiger partial charge in [-0.1, -0.05) is 18.6 Å². The minimum Gasteiger partial charge on any atom is -0.478 e. The van der Waals surface area contributed by atoms with Crippen LogP contribution in [0.2, 0.25) is 0 Å². The number of nitrogens with zero attached hydrogens (tertiary/aromatic N) is 1. The maximum atomic E-state index is 11.8. The lowest BCUT2D eigenvalue weighted by molar-refractivity contribution is -0.127. The third kappa shape index (κ3) is 4.31. The number of amides is 2. The monoisotopic (exact) mass is 305 g/mol. The number of ether oxygens (including phenoxy) is 1. The number of imide groups is 1. The molecule has 1 fully saturated rings. The van der Waals surface area contributed by atoms with Gasteiger partial charge >= 0.3 is 12.1 Å². The third-order valence-electron chi connectivity index (χ3n) is 3.62. The summed E-state index contributed by atoms with van der Waals surface area (Å²) < 4.78 is 4.72. The van der Waals surface area contributed by atoms with Crippen molar-refractivity contribution < 1.29 is 24.2 Å². The molecule has 22 heavy (non-hydrogen) atoms. The number of carboxylic acids is 1. The van der Waals surface area contributed by atoms with Gasteiger partial charge in [0.2, 0.25) is 5.91 Å². The van der Waals surface area contributed by atoms with E-state index in [9.17, 15) is 14.4 Å². The number of carboxylic acid groups (broad SMARTS) is 1. The molecular formula is C16H19NO5. The van der Waals surface area contributed by atoms with Crippen LogP contribution in [0.1, 0.15) is 41.6 Å². The molecule has 1 aromatic carbocycles. The Bertz CT molecular complexity index is 552. The predicted molar refractivity (Wildman–Crippen MR) is 78.6 cm³/mol. The smallest absolute Gasteiger partial charge is 0.416 e. The van der Waals surface area contributed by atoms with Crippen molar-refractivity contribution in [3.63, 3.8) is 0 Å². The van der Waals surface area contributed by atoms with Crippen molar-refractivity contribution >= 4 is 18.0 Å². The van der Waals surface area contributed by atoms with Crippen LogP contribution in [0.15, 0.2) is 24.3 Å². The molecule has 0 atom stereocenters. The number of hydrogen-bond donors (Lipinski definition) is 1. The van der Waals surface area contributed by atoms with E-state index in [0.717, 1.165) is 36.1 Å². The highest BCUT2D eigenvalue weighted by Gasteiger charge is 2.27. The molecule has 1 aliphatic heterocycles. The van der Waals surface area contributed by atoms with Crippen molar-refractivity contribution in [2.24, 2.45) is 0 Å².